The number of nitrogens with zero attached hydrogens (tertiary/aromatic N) is 3. The summed E-state index contributed by atoms with van der Waals surface area (Å²) in [5.41, 5.74) is 1.16. The Kier molecular flexibility index (Phi) is 11.1. The molecule has 0 aliphatic carbocycles. The molecule has 1 aromatic carbocycles. The number of rotatable bonds is 11. The molecule has 0 amide bonds. The van der Waals surface area contributed by atoms with Gasteiger partial charge in [0.15, 0.2) is 17.5 Å². The van der Waals surface area contributed by atoms with Crippen LogP contribution in [0, 0.1) is 5.92 Å². The Balaban J connectivity index is 2.10. The van der Waals surface area contributed by atoms with Gasteiger partial charge in [0.25, 0.3) is 0 Å². The van der Waals surface area contributed by atoms with Crippen LogP contribution in [0.15, 0.2) is 23.2 Å². The van der Waals surface area contributed by atoms with E-state index in [1.165, 1.54) is 0 Å². The molecule has 8 heteroatoms. The van der Waals surface area contributed by atoms with Gasteiger partial charge in [0, 0.05) is 32.2 Å². The van der Waals surface area contributed by atoms with Gasteiger partial charge in [-0.2, -0.15) is 0 Å². The van der Waals surface area contributed by atoms with E-state index < -0.39 is 0 Å². The van der Waals surface area contributed by atoms with Crippen LogP contribution in [0.25, 0.3) is 0 Å². The molecule has 1 aliphatic rings. The van der Waals surface area contributed by atoms with Gasteiger partial charge >= 0.3 is 0 Å². The molecule has 2 atom stereocenters. The summed E-state index contributed by atoms with van der Waals surface area (Å²) in [4.78, 5) is 9.65. The van der Waals surface area contributed by atoms with Crippen molar-refractivity contribution in [3.8, 4) is 11.5 Å². The Morgan fingerprint density at radius 3 is 2.38 bits per heavy atom. The third-order valence-corrected chi connectivity index (χ3v) is 5.94. The second-order valence-electron chi connectivity index (χ2n) is 8.65. The number of ether oxygens (including phenoxy) is 3. The lowest BCUT2D eigenvalue weighted by atomic mass is 10.0. The molecule has 0 bridgehead atoms. The predicted octanol–water partition coefficient (Wildman–Crippen LogP) is 2.22. The van der Waals surface area contributed by atoms with Crippen molar-refractivity contribution < 1.29 is 14.2 Å². The molecule has 182 valence electrons. The fourth-order valence-electron chi connectivity index (χ4n) is 4.04. The maximum atomic E-state index is 5.53. The van der Waals surface area contributed by atoms with E-state index in [4.69, 9.17) is 19.2 Å². The van der Waals surface area contributed by atoms with Gasteiger partial charge < -0.3 is 29.7 Å². The first-order chi connectivity index (χ1) is 15.4. The standard InChI is InChI=1S/C24H43N5O3/c1-8-25-24(26-16-20(18(2)3)29-11-13-32-14-12-29)27-17-21(28(4)5)19-9-10-22(30-6)23(15-19)31-7/h9-10,15,18,20-21H,8,11-14,16-17H2,1-7H3,(H2,25,26,27). The maximum absolute atomic E-state index is 5.53. The van der Waals surface area contributed by atoms with Crippen molar-refractivity contribution in [2.75, 3.05) is 74.3 Å². The summed E-state index contributed by atoms with van der Waals surface area (Å²) >= 11 is 0. The van der Waals surface area contributed by atoms with Gasteiger partial charge in [0.05, 0.1) is 40.0 Å². The minimum Gasteiger partial charge on any atom is -0.493 e. The average molecular weight is 450 g/mol. The number of likely N-dealkylation sites (N-methyl/N-ethyl adjacent to an activating group) is 1. The minimum atomic E-state index is 0.152. The maximum Gasteiger partial charge on any atom is 0.191 e. The molecule has 0 aromatic heterocycles. The number of guanidine groups is 1. The van der Waals surface area contributed by atoms with Crippen molar-refractivity contribution in [1.82, 2.24) is 20.4 Å². The summed E-state index contributed by atoms with van der Waals surface area (Å²) < 4.78 is 16.4. The lowest BCUT2D eigenvalue weighted by Gasteiger charge is -2.36. The van der Waals surface area contributed by atoms with Crippen molar-refractivity contribution in [2.45, 2.75) is 32.9 Å². The topological polar surface area (TPSA) is 70.6 Å². The number of benzene rings is 1. The number of methoxy groups -OCH3 is 2. The zero-order chi connectivity index (χ0) is 23.5. The highest BCUT2D eigenvalue weighted by Crippen LogP contribution is 2.31. The fraction of sp³-hybridized carbons (Fsp3) is 0.708. The van der Waals surface area contributed by atoms with E-state index in [1.807, 2.05) is 12.1 Å². The summed E-state index contributed by atoms with van der Waals surface area (Å²) in [6.45, 7) is 12.5. The van der Waals surface area contributed by atoms with Crippen LogP contribution in [-0.4, -0.2) is 96.1 Å². The Hall–Kier alpha value is -2.03. The molecule has 1 fully saturated rings. The van der Waals surface area contributed by atoms with Crippen LogP contribution in [0.2, 0.25) is 0 Å². The van der Waals surface area contributed by atoms with Gasteiger partial charge in [-0.3, -0.25) is 9.89 Å². The molecule has 8 nitrogen and oxygen atoms in total. The summed E-state index contributed by atoms with van der Waals surface area (Å²) in [7, 11) is 7.49. The largest absolute Gasteiger partial charge is 0.493 e. The monoisotopic (exact) mass is 449 g/mol. The highest BCUT2D eigenvalue weighted by atomic mass is 16.5. The molecule has 2 unspecified atom stereocenters. The smallest absolute Gasteiger partial charge is 0.191 e. The van der Waals surface area contributed by atoms with Crippen LogP contribution in [0.1, 0.15) is 32.4 Å². The van der Waals surface area contributed by atoms with E-state index in [9.17, 15) is 0 Å². The van der Waals surface area contributed by atoms with Crippen LogP contribution < -0.4 is 20.1 Å². The molecular weight excluding hydrogens is 406 g/mol. The van der Waals surface area contributed by atoms with Crippen molar-refractivity contribution in [1.29, 1.82) is 0 Å². The molecule has 2 N–H and O–H groups in total. The average Bonchev–Trinajstić information content (AvgIpc) is 2.79. The third kappa shape index (κ3) is 7.53. The van der Waals surface area contributed by atoms with Crippen molar-refractivity contribution in [3.63, 3.8) is 0 Å². The third-order valence-electron chi connectivity index (χ3n) is 5.94. The number of hydrogen-bond acceptors (Lipinski definition) is 6. The molecule has 0 saturated carbocycles. The predicted molar refractivity (Wildman–Crippen MR) is 131 cm³/mol. The summed E-state index contributed by atoms with van der Waals surface area (Å²) in [5, 5.41) is 6.94. The van der Waals surface area contributed by atoms with Crippen LogP contribution in [0.3, 0.4) is 0 Å². The van der Waals surface area contributed by atoms with Gasteiger partial charge in [0.1, 0.15) is 0 Å². The van der Waals surface area contributed by atoms with Gasteiger partial charge in [0.2, 0.25) is 0 Å². The lowest BCUT2D eigenvalue weighted by Crippen LogP contribution is -2.48. The van der Waals surface area contributed by atoms with Crippen LogP contribution in [0.5, 0.6) is 11.5 Å². The Morgan fingerprint density at radius 2 is 1.81 bits per heavy atom. The van der Waals surface area contributed by atoms with Gasteiger partial charge in [-0.15, -0.1) is 0 Å². The molecule has 0 spiro atoms. The molecule has 2 rings (SSSR count). The van der Waals surface area contributed by atoms with E-state index in [-0.39, 0.29) is 6.04 Å². The van der Waals surface area contributed by atoms with E-state index in [0.717, 1.165) is 69.0 Å². The first-order valence-corrected chi connectivity index (χ1v) is 11.6. The zero-order valence-corrected chi connectivity index (χ0v) is 21.0. The number of nitrogens with one attached hydrogen (secondary N) is 2. The first-order valence-electron chi connectivity index (χ1n) is 11.6. The van der Waals surface area contributed by atoms with Crippen LogP contribution >= 0.6 is 0 Å². The molecule has 1 aliphatic heterocycles. The van der Waals surface area contributed by atoms with E-state index >= 15 is 0 Å². The Morgan fingerprint density at radius 1 is 1.12 bits per heavy atom. The van der Waals surface area contributed by atoms with Gasteiger partial charge in [-0.25, -0.2) is 0 Å². The minimum absolute atomic E-state index is 0.152. The summed E-state index contributed by atoms with van der Waals surface area (Å²) in [6, 6.07) is 6.65. The number of morpholine rings is 1. The molecule has 1 heterocycles. The Bertz CT molecular complexity index is 705. The second-order valence-corrected chi connectivity index (χ2v) is 8.65. The van der Waals surface area contributed by atoms with Crippen molar-refractivity contribution >= 4 is 5.96 Å². The molecule has 1 saturated heterocycles. The normalized spacial score (nSPS) is 17.3. The fourth-order valence-corrected chi connectivity index (χ4v) is 4.04. The van der Waals surface area contributed by atoms with E-state index in [1.54, 1.807) is 14.2 Å². The number of aliphatic imine (C=N–C) groups is 1. The van der Waals surface area contributed by atoms with Crippen molar-refractivity contribution in [2.24, 2.45) is 10.9 Å². The SMILES string of the molecule is CCNC(=NCC(C(C)C)N1CCOCC1)NCC(c1ccc(OC)c(OC)c1)N(C)C. The molecule has 0 radical (unpaired) electrons. The molecule has 32 heavy (non-hydrogen) atoms. The zero-order valence-electron chi connectivity index (χ0n) is 21.0. The highest BCUT2D eigenvalue weighted by molar-refractivity contribution is 5.79. The first kappa shape index (κ1) is 26.2. The van der Waals surface area contributed by atoms with Crippen LogP contribution in [0.4, 0.5) is 0 Å². The van der Waals surface area contributed by atoms with Gasteiger partial charge in [-0.1, -0.05) is 19.9 Å². The quantitative estimate of drug-likeness (QED) is 0.396. The molecule has 1 aromatic rings. The second kappa shape index (κ2) is 13.5. The highest BCUT2D eigenvalue weighted by Gasteiger charge is 2.24. The van der Waals surface area contributed by atoms with Crippen molar-refractivity contribution in [3.05, 3.63) is 23.8 Å². The van der Waals surface area contributed by atoms with Crippen LogP contribution in [-0.2, 0) is 4.74 Å². The summed E-state index contributed by atoms with van der Waals surface area (Å²) in [5.74, 6) is 2.85. The number of hydrogen-bond donors (Lipinski definition) is 2. The Labute approximate surface area is 194 Å². The lowest BCUT2D eigenvalue weighted by molar-refractivity contribution is 0.00867. The molecular formula is C24H43N5O3. The summed E-state index contributed by atoms with van der Waals surface area (Å²) in [6.07, 6.45) is 0. The van der Waals surface area contributed by atoms with Gasteiger partial charge in [-0.05, 0) is 44.6 Å². The van der Waals surface area contributed by atoms with E-state index in [0.29, 0.717) is 12.0 Å². The van der Waals surface area contributed by atoms with E-state index in [2.05, 4.69) is 61.4 Å².